The number of hydrogen-bond donors (Lipinski definition) is 2. The lowest BCUT2D eigenvalue weighted by atomic mass is 10.1. The second kappa shape index (κ2) is 5.36. The van der Waals surface area contributed by atoms with Gasteiger partial charge in [0.2, 0.25) is 10.0 Å². The van der Waals surface area contributed by atoms with Crippen molar-refractivity contribution in [2.75, 3.05) is 5.32 Å². The van der Waals surface area contributed by atoms with Gasteiger partial charge in [-0.1, -0.05) is 30.3 Å². The number of hydrogen-bond acceptors (Lipinski definition) is 4. The van der Waals surface area contributed by atoms with Crippen LogP contribution in [0.2, 0.25) is 0 Å². The molecule has 2 N–H and O–H groups in total. The van der Waals surface area contributed by atoms with Crippen LogP contribution in [0.4, 0.5) is 5.69 Å². The highest BCUT2D eigenvalue weighted by atomic mass is 32.2. The van der Waals surface area contributed by atoms with Crippen molar-refractivity contribution in [2.45, 2.75) is 11.4 Å². The van der Waals surface area contributed by atoms with Crippen LogP contribution < -0.4 is 10.0 Å². The summed E-state index contributed by atoms with van der Waals surface area (Å²) in [5.41, 5.74) is 1.23. The van der Waals surface area contributed by atoms with E-state index in [9.17, 15) is 18.0 Å². The zero-order chi connectivity index (χ0) is 15.7. The Hall–Kier alpha value is -2.51. The fourth-order valence-corrected chi connectivity index (χ4v) is 3.19. The van der Waals surface area contributed by atoms with Crippen LogP contribution in [-0.4, -0.2) is 20.1 Å². The molecule has 0 aromatic heterocycles. The molecule has 0 radical (unpaired) electrons. The summed E-state index contributed by atoms with van der Waals surface area (Å²) in [6, 6.07) is 13.1. The topological polar surface area (TPSA) is 92.3 Å². The number of benzene rings is 2. The van der Waals surface area contributed by atoms with Crippen molar-refractivity contribution in [2.24, 2.45) is 0 Å². The van der Waals surface area contributed by atoms with Gasteiger partial charge < -0.3 is 5.32 Å². The Kier molecular flexibility index (Phi) is 3.51. The third kappa shape index (κ3) is 2.63. The molecule has 22 heavy (non-hydrogen) atoms. The van der Waals surface area contributed by atoms with Crippen molar-refractivity contribution in [3.05, 3.63) is 59.7 Å². The highest BCUT2D eigenvalue weighted by Crippen LogP contribution is 2.25. The maximum Gasteiger partial charge on any atom is 0.296 e. The van der Waals surface area contributed by atoms with Gasteiger partial charge in [-0.3, -0.25) is 9.59 Å². The van der Waals surface area contributed by atoms with Crippen LogP contribution in [-0.2, 0) is 21.4 Å². The monoisotopic (exact) mass is 316 g/mol. The van der Waals surface area contributed by atoms with Gasteiger partial charge in [0.15, 0.2) is 0 Å². The van der Waals surface area contributed by atoms with Crippen LogP contribution >= 0.6 is 0 Å². The molecule has 0 bridgehead atoms. The van der Waals surface area contributed by atoms with E-state index >= 15 is 0 Å². The molecule has 0 spiro atoms. The van der Waals surface area contributed by atoms with Gasteiger partial charge in [0.05, 0.1) is 16.1 Å². The average Bonchev–Trinajstić information content (AvgIpc) is 2.81. The highest BCUT2D eigenvalue weighted by Gasteiger charge is 2.29. The summed E-state index contributed by atoms with van der Waals surface area (Å²) in [7, 11) is -3.76. The van der Waals surface area contributed by atoms with Crippen LogP contribution in [0.15, 0.2) is 53.4 Å². The molecule has 6 nitrogen and oxygen atoms in total. The molecule has 112 valence electrons. The van der Waals surface area contributed by atoms with Gasteiger partial charge in [0.25, 0.3) is 11.7 Å². The molecule has 1 amide bonds. The van der Waals surface area contributed by atoms with Gasteiger partial charge in [-0.15, -0.1) is 0 Å². The van der Waals surface area contributed by atoms with E-state index in [0.29, 0.717) is 5.69 Å². The van der Waals surface area contributed by atoms with Gasteiger partial charge >= 0.3 is 0 Å². The average molecular weight is 316 g/mol. The number of carbonyl (C=O) groups is 2. The Bertz CT molecular complexity index is 860. The summed E-state index contributed by atoms with van der Waals surface area (Å²) in [6.45, 7) is 0.144. The summed E-state index contributed by atoms with van der Waals surface area (Å²) >= 11 is 0. The fourth-order valence-electron chi connectivity index (χ4n) is 2.15. The van der Waals surface area contributed by atoms with Crippen molar-refractivity contribution >= 4 is 27.4 Å². The number of nitrogens with one attached hydrogen (secondary N) is 2. The molecular formula is C15H12N2O4S. The number of anilines is 1. The van der Waals surface area contributed by atoms with E-state index < -0.39 is 21.7 Å². The molecular weight excluding hydrogens is 304 g/mol. The van der Waals surface area contributed by atoms with Crippen LogP contribution in [0, 0.1) is 0 Å². The number of rotatable bonds is 4. The van der Waals surface area contributed by atoms with Gasteiger partial charge in [-0.25, -0.2) is 13.1 Å². The van der Waals surface area contributed by atoms with Gasteiger partial charge in [0.1, 0.15) is 0 Å². The van der Waals surface area contributed by atoms with E-state index in [4.69, 9.17) is 0 Å². The predicted molar refractivity (Wildman–Crippen MR) is 79.9 cm³/mol. The number of amides is 1. The van der Waals surface area contributed by atoms with E-state index in [1.54, 1.807) is 12.1 Å². The summed E-state index contributed by atoms with van der Waals surface area (Å²) in [5, 5.41) is 2.38. The smallest absolute Gasteiger partial charge is 0.296 e. The zero-order valence-electron chi connectivity index (χ0n) is 11.4. The molecule has 7 heteroatoms. The second-order valence-electron chi connectivity index (χ2n) is 4.80. The van der Waals surface area contributed by atoms with Crippen LogP contribution in [0.1, 0.15) is 15.9 Å². The molecule has 2 aromatic rings. The van der Waals surface area contributed by atoms with Crippen LogP contribution in [0.3, 0.4) is 0 Å². The first-order valence-corrected chi connectivity index (χ1v) is 7.99. The van der Waals surface area contributed by atoms with E-state index in [2.05, 4.69) is 10.0 Å². The lowest BCUT2D eigenvalue weighted by Crippen LogP contribution is -2.23. The maximum atomic E-state index is 12.3. The molecule has 2 aromatic carbocycles. The summed E-state index contributed by atoms with van der Waals surface area (Å²) in [4.78, 5) is 22.9. The first-order chi connectivity index (χ1) is 10.5. The molecule has 3 rings (SSSR count). The lowest BCUT2D eigenvalue weighted by molar-refractivity contribution is -0.112. The Morgan fingerprint density at radius 2 is 1.73 bits per heavy atom. The molecule has 0 unspecified atom stereocenters. The van der Waals surface area contributed by atoms with Crippen LogP contribution in [0.5, 0.6) is 0 Å². The number of carbonyl (C=O) groups excluding carboxylic acids is 2. The van der Waals surface area contributed by atoms with Crippen molar-refractivity contribution < 1.29 is 18.0 Å². The third-order valence-electron chi connectivity index (χ3n) is 3.31. The second-order valence-corrected chi connectivity index (χ2v) is 6.57. The largest absolute Gasteiger partial charge is 0.318 e. The summed E-state index contributed by atoms with van der Waals surface area (Å²) < 4.78 is 27.0. The number of sulfonamides is 1. The van der Waals surface area contributed by atoms with E-state index in [-0.39, 0.29) is 17.0 Å². The molecule has 1 heterocycles. The van der Waals surface area contributed by atoms with E-state index in [0.717, 1.165) is 5.56 Å². The minimum Gasteiger partial charge on any atom is -0.318 e. The molecule has 0 saturated heterocycles. The van der Waals surface area contributed by atoms with Crippen molar-refractivity contribution in [3.63, 3.8) is 0 Å². The van der Waals surface area contributed by atoms with Gasteiger partial charge in [0, 0.05) is 6.54 Å². The quantitative estimate of drug-likeness (QED) is 0.832. The molecule has 0 fully saturated rings. The SMILES string of the molecule is O=C1Nc2ccc(S(=O)(=O)NCc3ccccc3)cc2C1=O. The van der Waals surface area contributed by atoms with Crippen LogP contribution in [0.25, 0.3) is 0 Å². The number of ketones is 1. The van der Waals surface area contributed by atoms with Gasteiger partial charge in [-0.2, -0.15) is 0 Å². The normalized spacial score (nSPS) is 13.8. The predicted octanol–water partition coefficient (Wildman–Crippen LogP) is 1.30. The summed E-state index contributed by atoms with van der Waals surface area (Å²) in [5.74, 6) is -1.48. The molecule has 1 aliphatic heterocycles. The van der Waals surface area contributed by atoms with Crippen molar-refractivity contribution in [3.8, 4) is 0 Å². The van der Waals surface area contributed by atoms with Crippen molar-refractivity contribution in [1.82, 2.24) is 4.72 Å². The number of Topliss-reactive ketones (excluding diaryl/α,β-unsaturated/α-hetero) is 1. The fraction of sp³-hybridized carbons (Fsp3) is 0.0667. The minimum absolute atomic E-state index is 0.0490. The molecule has 0 aliphatic carbocycles. The Morgan fingerprint density at radius 3 is 2.45 bits per heavy atom. The van der Waals surface area contributed by atoms with E-state index in [1.807, 2.05) is 18.2 Å². The Morgan fingerprint density at radius 1 is 1.00 bits per heavy atom. The summed E-state index contributed by atoms with van der Waals surface area (Å²) in [6.07, 6.45) is 0. The third-order valence-corrected chi connectivity index (χ3v) is 4.71. The number of fused-ring (bicyclic) bond motifs is 1. The first-order valence-electron chi connectivity index (χ1n) is 6.51. The Balaban J connectivity index is 1.84. The Labute approximate surface area is 127 Å². The first kappa shape index (κ1) is 14.4. The molecule has 0 atom stereocenters. The lowest BCUT2D eigenvalue weighted by Gasteiger charge is -2.08. The minimum atomic E-state index is -3.76. The highest BCUT2D eigenvalue weighted by molar-refractivity contribution is 7.89. The zero-order valence-corrected chi connectivity index (χ0v) is 12.2. The van der Waals surface area contributed by atoms with Crippen molar-refractivity contribution in [1.29, 1.82) is 0 Å². The molecule has 1 aliphatic rings. The standard InChI is InChI=1S/C15H12N2O4S/c18-14-12-8-11(6-7-13(12)17-15(14)19)22(20,21)16-9-10-4-2-1-3-5-10/h1-8,16H,9H2,(H,17,18,19). The van der Waals surface area contributed by atoms with Gasteiger partial charge in [-0.05, 0) is 23.8 Å². The molecule has 0 saturated carbocycles. The maximum absolute atomic E-state index is 12.3. The van der Waals surface area contributed by atoms with E-state index in [1.165, 1.54) is 18.2 Å².